The Kier molecular flexibility index (Phi) is 9.46. The van der Waals surface area contributed by atoms with E-state index in [1.54, 1.807) is 11.8 Å². The lowest BCUT2D eigenvalue weighted by Crippen LogP contribution is -2.48. The highest BCUT2D eigenvalue weighted by Gasteiger charge is 2.28. The summed E-state index contributed by atoms with van der Waals surface area (Å²) in [4.78, 5) is 52.5. The molecule has 0 spiro atoms. The van der Waals surface area contributed by atoms with Crippen molar-refractivity contribution in [1.29, 1.82) is 0 Å². The molecular weight excluding hydrogens is 476 g/mol. The quantitative estimate of drug-likeness (QED) is 0.561. The van der Waals surface area contributed by atoms with Gasteiger partial charge in [-0.25, -0.2) is 4.79 Å². The molecule has 2 aromatic rings. The fourth-order valence-corrected chi connectivity index (χ4v) is 3.91. The van der Waals surface area contributed by atoms with Gasteiger partial charge in [0.2, 0.25) is 0 Å². The summed E-state index contributed by atoms with van der Waals surface area (Å²) in [5.41, 5.74) is -0.0640. The van der Waals surface area contributed by atoms with Crippen molar-refractivity contribution in [2.75, 3.05) is 32.8 Å². The van der Waals surface area contributed by atoms with Crippen molar-refractivity contribution >= 4 is 17.9 Å². The molecule has 37 heavy (non-hydrogen) atoms. The Balaban J connectivity index is 1.67. The number of carbonyl (C=O) groups excluding carboxylic acids is 3. The highest BCUT2D eigenvalue weighted by Crippen LogP contribution is 2.14. The van der Waals surface area contributed by atoms with Gasteiger partial charge in [0.1, 0.15) is 11.2 Å². The average Bonchev–Trinajstić information content (AvgIpc) is 2.85. The molecule has 1 fully saturated rings. The lowest BCUT2D eigenvalue weighted by Gasteiger charge is -2.34. The van der Waals surface area contributed by atoms with Crippen LogP contribution in [0.15, 0.2) is 47.4 Å². The molecule has 1 aromatic carbocycles. The monoisotopic (exact) mass is 512 g/mol. The first kappa shape index (κ1) is 27.9. The van der Waals surface area contributed by atoms with Gasteiger partial charge in [0.15, 0.2) is 0 Å². The topological polar surface area (TPSA) is 119 Å². The van der Waals surface area contributed by atoms with Gasteiger partial charge in [-0.3, -0.25) is 14.4 Å². The summed E-state index contributed by atoms with van der Waals surface area (Å²) in [7, 11) is 0. The van der Waals surface area contributed by atoms with Gasteiger partial charge in [0, 0.05) is 25.8 Å². The summed E-state index contributed by atoms with van der Waals surface area (Å²) in [5.74, 6) is -0.936. The number of aromatic nitrogens is 1. The highest BCUT2D eigenvalue weighted by atomic mass is 16.6. The predicted octanol–water partition coefficient (Wildman–Crippen LogP) is 2.40. The zero-order valence-corrected chi connectivity index (χ0v) is 21.9. The first-order valence-corrected chi connectivity index (χ1v) is 12.5. The number of rotatable bonds is 8. The van der Waals surface area contributed by atoms with E-state index in [0.717, 1.165) is 5.56 Å². The number of hydrogen-bond donors (Lipinski definition) is 2. The van der Waals surface area contributed by atoms with E-state index < -0.39 is 23.0 Å². The van der Waals surface area contributed by atoms with E-state index in [9.17, 15) is 19.2 Å². The highest BCUT2D eigenvalue weighted by molar-refractivity contribution is 5.99. The molecule has 1 aliphatic rings. The maximum Gasteiger partial charge on any atom is 0.410 e. The van der Waals surface area contributed by atoms with Crippen LogP contribution in [-0.4, -0.2) is 71.9 Å². The zero-order valence-electron chi connectivity index (χ0n) is 21.9. The van der Waals surface area contributed by atoms with Gasteiger partial charge < -0.3 is 29.6 Å². The van der Waals surface area contributed by atoms with Crippen LogP contribution in [0.4, 0.5) is 4.79 Å². The number of nitrogens with zero attached hydrogens (tertiary/aromatic N) is 2. The van der Waals surface area contributed by atoms with Crippen molar-refractivity contribution in [3.05, 3.63) is 69.6 Å². The number of ether oxygens (including phenoxy) is 2. The summed E-state index contributed by atoms with van der Waals surface area (Å²) in [6, 6.07) is 10.7. The molecule has 1 atom stereocenters. The molecule has 2 N–H and O–H groups in total. The Labute approximate surface area is 216 Å². The standard InChI is InChI=1S/C27H36N4O6/c1-5-28-24(33)22-15-20(17-31(25(22)34)16-19-9-7-6-8-10-19)23(32)29-12-11-21-18-30(13-14-36-21)26(35)37-27(2,3)4/h6-10,15,17,21H,5,11-14,16,18H2,1-4H3,(H,28,33)(H,29,32)/t21-/m1/s1. The van der Waals surface area contributed by atoms with E-state index in [2.05, 4.69) is 10.6 Å². The van der Waals surface area contributed by atoms with Crippen LogP contribution in [-0.2, 0) is 16.0 Å². The van der Waals surface area contributed by atoms with Gasteiger partial charge in [-0.05, 0) is 45.7 Å². The molecule has 0 radical (unpaired) electrons. The molecule has 2 heterocycles. The van der Waals surface area contributed by atoms with E-state index in [4.69, 9.17) is 9.47 Å². The van der Waals surface area contributed by atoms with Crippen molar-refractivity contribution in [2.24, 2.45) is 0 Å². The Hall–Kier alpha value is -3.66. The SMILES string of the molecule is CCNC(=O)c1cc(C(=O)NCC[C@@H]2CN(C(=O)OC(C)(C)C)CCO2)cn(Cc2ccccc2)c1=O. The molecule has 10 nitrogen and oxygen atoms in total. The molecular formula is C27H36N4O6. The van der Waals surface area contributed by atoms with Crippen molar-refractivity contribution in [2.45, 2.75) is 52.4 Å². The van der Waals surface area contributed by atoms with Crippen LogP contribution in [0, 0.1) is 0 Å². The number of morpholine rings is 1. The van der Waals surface area contributed by atoms with Crippen LogP contribution in [0.5, 0.6) is 0 Å². The normalized spacial score (nSPS) is 15.7. The number of hydrogen-bond acceptors (Lipinski definition) is 6. The van der Waals surface area contributed by atoms with Gasteiger partial charge in [0.25, 0.3) is 17.4 Å². The average molecular weight is 513 g/mol. The smallest absolute Gasteiger partial charge is 0.410 e. The predicted molar refractivity (Wildman–Crippen MR) is 139 cm³/mol. The van der Waals surface area contributed by atoms with E-state index >= 15 is 0 Å². The summed E-state index contributed by atoms with van der Waals surface area (Å²) in [5, 5.41) is 5.47. The molecule has 1 saturated heterocycles. The van der Waals surface area contributed by atoms with Crippen LogP contribution in [0.3, 0.4) is 0 Å². The van der Waals surface area contributed by atoms with E-state index in [1.807, 2.05) is 51.1 Å². The maximum absolute atomic E-state index is 13.0. The molecule has 1 aromatic heterocycles. The fraction of sp³-hybridized carbons (Fsp3) is 0.481. The molecule has 200 valence electrons. The summed E-state index contributed by atoms with van der Waals surface area (Å²) < 4.78 is 12.6. The Morgan fingerprint density at radius 3 is 2.51 bits per heavy atom. The van der Waals surface area contributed by atoms with E-state index in [1.165, 1.54) is 16.8 Å². The van der Waals surface area contributed by atoms with Gasteiger partial charge in [0.05, 0.1) is 31.4 Å². The third kappa shape index (κ3) is 8.18. The van der Waals surface area contributed by atoms with Crippen LogP contribution in [0.25, 0.3) is 0 Å². The molecule has 0 aliphatic carbocycles. The minimum absolute atomic E-state index is 0.0888. The van der Waals surface area contributed by atoms with Gasteiger partial charge >= 0.3 is 6.09 Å². The second kappa shape index (κ2) is 12.5. The number of carbonyl (C=O) groups is 3. The summed E-state index contributed by atoms with van der Waals surface area (Å²) in [6.07, 6.45) is 1.31. The molecule has 3 amide bonds. The third-order valence-corrected chi connectivity index (χ3v) is 5.67. The second-order valence-electron chi connectivity index (χ2n) is 9.88. The first-order chi connectivity index (χ1) is 17.6. The van der Waals surface area contributed by atoms with E-state index in [0.29, 0.717) is 39.2 Å². The van der Waals surface area contributed by atoms with Crippen LogP contribution >= 0.6 is 0 Å². The number of amides is 3. The molecule has 0 saturated carbocycles. The number of pyridine rings is 1. The fourth-order valence-electron chi connectivity index (χ4n) is 3.91. The molecule has 1 aliphatic heterocycles. The molecule has 0 unspecified atom stereocenters. The van der Waals surface area contributed by atoms with Crippen molar-refractivity contribution in [3.8, 4) is 0 Å². The minimum atomic E-state index is -0.581. The van der Waals surface area contributed by atoms with Crippen molar-refractivity contribution in [1.82, 2.24) is 20.1 Å². The molecule has 10 heteroatoms. The third-order valence-electron chi connectivity index (χ3n) is 5.67. The van der Waals surface area contributed by atoms with Crippen LogP contribution in [0.2, 0.25) is 0 Å². The summed E-state index contributed by atoms with van der Waals surface area (Å²) >= 11 is 0. The Morgan fingerprint density at radius 2 is 1.84 bits per heavy atom. The van der Waals surface area contributed by atoms with Gasteiger partial charge in [-0.1, -0.05) is 30.3 Å². The summed E-state index contributed by atoms with van der Waals surface area (Å²) in [6.45, 7) is 9.29. The van der Waals surface area contributed by atoms with Gasteiger partial charge in [-0.2, -0.15) is 0 Å². The second-order valence-corrected chi connectivity index (χ2v) is 9.88. The van der Waals surface area contributed by atoms with Crippen molar-refractivity contribution < 1.29 is 23.9 Å². The first-order valence-electron chi connectivity index (χ1n) is 12.5. The lowest BCUT2D eigenvalue weighted by atomic mass is 10.1. The van der Waals surface area contributed by atoms with E-state index in [-0.39, 0.29) is 29.9 Å². The Morgan fingerprint density at radius 1 is 1.11 bits per heavy atom. The number of benzene rings is 1. The van der Waals surface area contributed by atoms with Crippen molar-refractivity contribution in [3.63, 3.8) is 0 Å². The van der Waals surface area contributed by atoms with Gasteiger partial charge in [-0.15, -0.1) is 0 Å². The zero-order chi connectivity index (χ0) is 27.0. The maximum atomic E-state index is 13.0. The van der Waals surface area contributed by atoms with Crippen LogP contribution < -0.4 is 16.2 Å². The molecule has 0 bridgehead atoms. The minimum Gasteiger partial charge on any atom is -0.444 e. The molecule has 3 rings (SSSR count). The lowest BCUT2D eigenvalue weighted by molar-refractivity contribution is -0.0440. The largest absolute Gasteiger partial charge is 0.444 e. The number of nitrogens with one attached hydrogen (secondary N) is 2. The Bertz CT molecular complexity index is 1160. The van der Waals surface area contributed by atoms with Crippen LogP contribution in [0.1, 0.15) is 60.4 Å².